The Balaban J connectivity index is 1.84. The van der Waals surface area contributed by atoms with Crippen LogP contribution in [-0.2, 0) is 0 Å². The standard InChI is InChI=1S/C14H18N2/c1-11-9-14(6-5-13(11)10-15)16-8-7-12-3-2-4-12/h5-6,9,12,16H,2-4,7-8H2,1H3. The fourth-order valence-corrected chi connectivity index (χ4v) is 2.10. The van der Waals surface area contributed by atoms with Crippen LogP contribution >= 0.6 is 0 Å². The van der Waals surface area contributed by atoms with Crippen LogP contribution in [-0.4, -0.2) is 6.54 Å². The van der Waals surface area contributed by atoms with Gasteiger partial charge in [0.1, 0.15) is 0 Å². The first-order valence-electron chi connectivity index (χ1n) is 6.04. The van der Waals surface area contributed by atoms with Crippen molar-refractivity contribution in [3.63, 3.8) is 0 Å². The van der Waals surface area contributed by atoms with E-state index in [1.165, 1.54) is 25.7 Å². The molecule has 0 unspecified atom stereocenters. The molecule has 0 bridgehead atoms. The highest BCUT2D eigenvalue weighted by molar-refractivity contribution is 5.51. The van der Waals surface area contributed by atoms with Crippen molar-refractivity contribution < 1.29 is 0 Å². The highest BCUT2D eigenvalue weighted by Gasteiger charge is 2.16. The third kappa shape index (κ3) is 2.55. The molecule has 0 spiro atoms. The van der Waals surface area contributed by atoms with E-state index in [9.17, 15) is 0 Å². The monoisotopic (exact) mass is 214 g/mol. The number of hydrogen-bond donors (Lipinski definition) is 1. The maximum atomic E-state index is 8.83. The van der Waals surface area contributed by atoms with Gasteiger partial charge in [0.15, 0.2) is 0 Å². The molecule has 0 amide bonds. The molecular formula is C14H18N2. The summed E-state index contributed by atoms with van der Waals surface area (Å²) in [6.07, 6.45) is 5.52. The van der Waals surface area contributed by atoms with E-state index in [0.717, 1.165) is 29.3 Å². The predicted octanol–water partition coefficient (Wildman–Crippen LogP) is 3.47. The van der Waals surface area contributed by atoms with E-state index in [-0.39, 0.29) is 0 Å². The van der Waals surface area contributed by atoms with Gasteiger partial charge in [-0.1, -0.05) is 19.3 Å². The topological polar surface area (TPSA) is 35.8 Å². The summed E-state index contributed by atoms with van der Waals surface area (Å²) in [6, 6.07) is 8.12. The minimum atomic E-state index is 0.768. The molecule has 16 heavy (non-hydrogen) atoms. The average molecular weight is 214 g/mol. The van der Waals surface area contributed by atoms with Crippen LogP contribution in [0.15, 0.2) is 18.2 Å². The van der Waals surface area contributed by atoms with Gasteiger partial charge in [0, 0.05) is 12.2 Å². The highest BCUT2D eigenvalue weighted by Crippen LogP contribution is 2.29. The van der Waals surface area contributed by atoms with Crippen molar-refractivity contribution in [2.45, 2.75) is 32.6 Å². The molecule has 0 saturated heterocycles. The normalized spacial score (nSPS) is 15.2. The maximum absolute atomic E-state index is 8.83. The van der Waals surface area contributed by atoms with Crippen LogP contribution in [0.1, 0.15) is 36.8 Å². The van der Waals surface area contributed by atoms with E-state index >= 15 is 0 Å². The SMILES string of the molecule is Cc1cc(NCCC2CCC2)ccc1C#N. The second-order valence-electron chi connectivity index (χ2n) is 4.65. The number of anilines is 1. The lowest BCUT2D eigenvalue weighted by Crippen LogP contribution is -2.15. The Morgan fingerprint density at radius 2 is 2.25 bits per heavy atom. The average Bonchev–Trinajstić information content (AvgIpc) is 2.22. The zero-order chi connectivity index (χ0) is 11.4. The van der Waals surface area contributed by atoms with Crippen LogP contribution < -0.4 is 5.32 Å². The van der Waals surface area contributed by atoms with Crippen LogP contribution in [0.5, 0.6) is 0 Å². The number of hydrogen-bond acceptors (Lipinski definition) is 2. The smallest absolute Gasteiger partial charge is 0.0994 e. The Hall–Kier alpha value is -1.49. The summed E-state index contributed by atoms with van der Waals surface area (Å²) in [6.45, 7) is 3.03. The Kier molecular flexibility index (Phi) is 3.46. The number of rotatable bonds is 4. The van der Waals surface area contributed by atoms with E-state index in [1.54, 1.807) is 0 Å². The summed E-state index contributed by atoms with van der Waals surface area (Å²) in [7, 11) is 0. The van der Waals surface area contributed by atoms with Crippen LogP contribution in [0.2, 0.25) is 0 Å². The number of nitrogens with one attached hydrogen (secondary N) is 1. The van der Waals surface area contributed by atoms with Gasteiger partial charge in [0.2, 0.25) is 0 Å². The van der Waals surface area contributed by atoms with E-state index in [2.05, 4.69) is 17.5 Å². The molecule has 2 heteroatoms. The Bertz CT molecular complexity index is 400. The zero-order valence-corrected chi connectivity index (χ0v) is 9.79. The molecule has 0 radical (unpaired) electrons. The second-order valence-corrected chi connectivity index (χ2v) is 4.65. The number of benzene rings is 1. The largest absolute Gasteiger partial charge is 0.385 e. The quantitative estimate of drug-likeness (QED) is 0.833. The molecular weight excluding hydrogens is 196 g/mol. The Labute approximate surface area is 97.3 Å². The summed E-state index contributed by atoms with van der Waals surface area (Å²) in [5.74, 6) is 0.951. The fourth-order valence-electron chi connectivity index (χ4n) is 2.10. The van der Waals surface area contributed by atoms with Gasteiger partial charge in [-0.15, -0.1) is 0 Å². The first-order valence-corrected chi connectivity index (χ1v) is 6.04. The first-order chi connectivity index (χ1) is 7.79. The van der Waals surface area contributed by atoms with Gasteiger partial charge < -0.3 is 5.32 Å². The van der Waals surface area contributed by atoms with Gasteiger partial charge >= 0.3 is 0 Å². The summed E-state index contributed by atoms with van der Waals surface area (Å²) in [5.41, 5.74) is 2.96. The minimum Gasteiger partial charge on any atom is -0.385 e. The second kappa shape index (κ2) is 5.03. The Morgan fingerprint density at radius 3 is 2.81 bits per heavy atom. The van der Waals surface area contributed by atoms with Crippen molar-refractivity contribution in [2.75, 3.05) is 11.9 Å². The molecule has 1 N–H and O–H groups in total. The molecule has 2 nitrogen and oxygen atoms in total. The van der Waals surface area contributed by atoms with Crippen LogP contribution in [0.25, 0.3) is 0 Å². The van der Waals surface area contributed by atoms with Gasteiger partial charge in [-0.05, 0) is 43.0 Å². The molecule has 1 aliphatic rings. The summed E-state index contributed by atoms with van der Waals surface area (Å²) in [5, 5.41) is 12.3. The molecule has 84 valence electrons. The molecule has 1 aromatic carbocycles. The van der Waals surface area contributed by atoms with E-state index in [0.29, 0.717) is 0 Å². The van der Waals surface area contributed by atoms with Crippen molar-refractivity contribution >= 4 is 5.69 Å². The molecule has 1 aromatic rings. The predicted molar refractivity (Wildman–Crippen MR) is 66.3 cm³/mol. The van der Waals surface area contributed by atoms with Crippen LogP contribution in [0.3, 0.4) is 0 Å². The van der Waals surface area contributed by atoms with Gasteiger partial charge in [0.25, 0.3) is 0 Å². The molecule has 0 aliphatic heterocycles. The molecule has 1 aliphatic carbocycles. The molecule has 0 atom stereocenters. The van der Waals surface area contributed by atoms with Gasteiger partial charge in [-0.3, -0.25) is 0 Å². The van der Waals surface area contributed by atoms with Crippen molar-refractivity contribution in [3.05, 3.63) is 29.3 Å². The number of nitrogens with zero attached hydrogens (tertiary/aromatic N) is 1. The van der Waals surface area contributed by atoms with Crippen LogP contribution in [0.4, 0.5) is 5.69 Å². The summed E-state index contributed by atoms with van der Waals surface area (Å²) in [4.78, 5) is 0. The van der Waals surface area contributed by atoms with Crippen molar-refractivity contribution in [1.29, 1.82) is 5.26 Å². The number of nitriles is 1. The molecule has 2 rings (SSSR count). The number of aryl methyl sites for hydroxylation is 1. The van der Waals surface area contributed by atoms with Crippen molar-refractivity contribution in [3.8, 4) is 6.07 Å². The van der Waals surface area contributed by atoms with Gasteiger partial charge in [-0.25, -0.2) is 0 Å². The first kappa shape index (κ1) is 11.0. The van der Waals surface area contributed by atoms with E-state index in [1.807, 2.05) is 19.1 Å². The molecule has 0 heterocycles. The molecule has 1 fully saturated rings. The lowest BCUT2D eigenvalue weighted by Gasteiger charge is -2.25. The van der Waals surface area contributed by atoms with Gasteiger partial charge in [-0.2, -0.15) is 5.26 Å². The van der Waals surface area contributed by atoms with E-state index < -0.39 is 0 Å². The third-order valence-corrected chi connectivity index (χ3v) is 3.45. The van der Waals surface area contributed by atoms with Crippen molar-refractivity contribution in [1.82, 2.24) is 0 Å². The third-order valence-electron chi connectivity index (χ3n) is 3.45. The molecule has 1 saturated carbocycles. The molecule has 0 aromatic heterocycles. The lowest BCUT2D eigenvalue weighted by atomic mass is 9.83. The van der Waals surface area contributed by atoms with Crippen molar-refractivity contribution in [2.24, 2.45) is 5.92 Å². The summed E-state index contributed by atoms with van der Waals surface area (Å²) < 4.78 is 0. The zero-order valence-electron chi connectivity index (χ0n) is 9.79. The lowest BCUT2D eigenvalue weighted by molar-refractivity contribution is 0.303. The maximum Gasteiger partial charge on any atom is 0.0994 e. The summed E-state index contributed by atoms with van der Waals surface area (Å²) >= 11 is 0. The minimum absolute atomic E-state index is 0.768. The van der Waals surface area contributed by atoms with E-state index in [4.69, 9.17) is 5.26 Å². The van der Waals surface area contributed by atoms with Crippen LogP contribution in [0, 0.1) is 24.2 Å². The highest BCUT2D eigenvalue weighted by atomic mass is 14.9. The Morgan fingerprint density at radius 1 is 1.44 bits per heavy atom. The fraction of sp³-hybridized carbons (Fsp3) is 0.500. The van der Waals surface area contributed by atoms with Gasteiger partial charge in [0.05, 0.1) is 11.6 Å².